The van der Waals surface area contributed by atoms with E-state index in [1.54, 1.807) is 0 Å². The van der Waals surface area contributed by atoms with Crippen LogP contribution >= 0.6 is 0 Å². The molecule has 1 aromatic rings. The van der Waals surface area contributed by atoms with Crippen LogP contribution in [0.1, 0.15) is 62.7 Å². The van der Waals surface area contributed by atoms with Gasteiger partial charge in [-0.25, -0.2) is 0 Å². The number of amides is 2. The normalized spacial score (nSPS) is 20.0. The van der Waals surface area contributed by atoms with Crippen molar-refractivity contribution in [3.63, 3.8) is 0 Å². The fourth-order valence-corrected chi connectivity index (χ4v) is 3.77. The molecule has 0 spiro atoms. The van der Waals surface area contributed by atoms with Gasteiger partial charge in [-0.2, -0.15) is 0 Å². The van der Waals surface area contributed by atoms with Crippen molar-refractivity contribution < 1.29 is 9.59 Å². The lowest BCUT2D eigenvalue weighted by Crippen LogP contribution is -2.42. The first-order valence-corrected chi connectivity index (χ1v) is 9.89. The van der Waals surface area contributed by atoms with Crippen molar-refractivity contribution in [1.82, 2.24) is 4.90 Å². The van der Waals surface area contributed by atoms with E-state index in [1.807, 2.05) is 29.2 Å². The van der Waals surface area contributed by atoms with Crippen LogP contribution in [0.3, 0.4) is 0 Å². The van der Waals surface area contributed by atoms with Gasteiger partial charge in [-0.3, -0.25) is 9.59 Å². The molecule has 0 aromatic heterocycles. The number of anilines is 1. The highest BCUT2D eigenvalue weighted by molar-refractivity contribution is 6.03. The van der Waals surface area contributed by atoms with Crippen LogP contribution in [-0.4, -0.2) is 36.3 Å². The Balaban J connectivity index is 1.96. The Morgan fingerprint density at radius 2 is 1.73 bits per heavy atom. The van der Waals surface area contributed by atoms with E-state index in [1.165, 1.54) is 0 Å². The second-order valence-corrected chi connectivity index (χ2v) is 7.70. The maximum Gasteiger partial charge on any atom is 0.255 e. The summed E-state index contributed by atoms with van der Waals surface area (Å²) in [6, 6.07) is 7.33. The molecule has 2 rings (SSSR count). The number of benzene rings is 1. The van der Waals surface area contributed by atoms with Gasteiger partial charge in [-0.05, 0) is 49.8 Å². The van der Waals surface area contributed by atoms with E-state index in [-0.39, 0.29) is 11.8 Å². The largest absolute Gasteiger partial charge is 0.338 e. The minimum absolute atomic E-state index is 0.0160. The monoisotopic (exact) mass is 359 g/mol. The van der Waals surface area contributed by atoms with Gasteiger partial charge in [0, 0.05) is 19.5 Å². The molecule has 5 heteroatoms. The van der Waals surface area contributed by atoms with Crippen LogP contribution in [0.2, 0.25) is 0 Å². The molecule has 1 fully saturated rings. The topological polar surface area (TPSA) is 75.4 Å². The van der Waals surface area contributed by atoms with Gasteiger partial charge in [0.1, 0.15) is 0 Å². The molecule has 2 amide bonds. The van der Waals surface area contributed by atoms with Gasteiger partial charge < -0.3 is 16.0 Å². The molecule has 3 N–H and O–H groups in total. The predicted molar refractivity (Wildman–Crippen MR) is 106 cm³/mol. The summed E-state index contributed by atoms with van der Waals surface area (Å²) in [5.41, 5.74) is 6.69. The van der Waals surface area contributed by atoms with E-state index in [0.717, 1.165) is 45.2 Å². The Kier molecular flexibility index (Phi) is 8.10. The maximum atomic E-state index is 13.0. The zero-order valence-electron chi connectivity index (χ0n) is 16.2. The van der Waals surface area contributed by atoms with Crippen LogP contribution < -0.4 is 11.1 Å². The Morgan fingerprint density at radius 3 is 2.42 bits per heavy atom. The molecule has 0 radical (unpaired) electrons. The lowest BCUT2D eigenvalue weighted by atomic mass is 9.91. The molecule has 2 unspecified atom stereocenters. The summed E-state index contributed by atoms with van der Waals surface area (Å²) in [5, 5.41) is 2.93. The number of carbonyl (C=O) groups excluding carboxylic acids is 2. The third kappa shape index (κ3) is 6.13. The number of piperidine rings is 1. The lowest BCUT2D eigenvalue weighted by Gasteiger charge is -2.35. The highest BCUT2D eigenvalue weighted by Crippen LogP contribution is 2.25. The van der Waals surface area contributed by atoms with Gasteiger partial charge >= 0.3 is 0 Å². The summed E-state index contributed by atoms with van der Waals surface area (Å²) in [6.45, 7) is 6.65. The van der Waals surface area contributed by atoms with Crippen molar-refractivity contribution in [2.24, 2.45) is 17.6 Å². The average Bonchev–Trinajstić information content (AvgIpc) is 2.60. The van der Waals surface area contributed by atoms with Gasteiger partial charge in [-0.1, -0.05) is 38.8 Å². The second kappa shape index (κ2) is 10.3. The summed E-state index contributed by atoms with van der Waals surface area (Å²) in [5.74, 6) is 1.01. The molecular formula is C21H33N3O2. The van der Waals surface area contributed by atoms with Crippen LogP contribution in [0, 0.1) is 11.8 Å². The fourth-order valence-electron chi connectivity index (χ4n) is 3.77. The Labute approximate surface area is 157 Å². The molecule has 1 aliphatic heterocycles. The van der Waals surface area contributed by atoms with Crippen LogP contribution in [0.25, 0.3) is 0 Å². The standard InChI is InChI=1S/C21H33N3O2/c1-16-13-17(2)15-24(14-16)21(26)18-9-6-7-10-19(18)23-20(25)11-5-3-4-8-12-22/h6-7,9-10,16-17H,3-5,8,11-15,22H2,1-2H3,(H,23,25). The van der Waals surface area contributed by atoms with E-state index in [2.05, 4.69) is 19.2 Å². The summed E-state index contributed by atoms with van der Waals surface area (Å²) in [4.78, 5) is 27.2. The number of unbranched alkanes of at least 4 members (excludes halogenated alkanes) is 3. The fraction of sp³-hybridized carbons (Fsp3) is 0.619. The van der Waals surface area contributed by atoms with Crippen LogP contribution in [0.4, 0.5) is 5.69 Å². The quantitative estimate of drug-likeness (QED) is 0.696. The van der Waals surface area contributed by atoms with E-state index in [4.69, 9.17) is 5.73 Å². The molecule has 1 aromatic carbocycles. The molecule has 1 saturated heterocycles. The molecule has 0 bridgehead atoms. The summed E-state index contributed by atoms with van der Waals surface area (Å²) in [7, 11) is 0. The molecule has 5 nitrogen and oxygen atoms in total. The number of likely N-dealkylation sites (tertiary alicyclic amines) is 1. The first-order chi connectivity index (χ1) is 12.5. The van der Waals surface area contributed by atoms with E-state index >= 15 is 0 Å². The summed E-state index contributed by atoms with van der Waals surface area (Å²) in [6.07, 6.45) is 5.56. The SMILES string of the molecule is CC1CC(C)CN(C(=O)c2ccccc2NC(=O)CCCCCCN)C1. The van der Waals surface area contributed by atoms with Crippen molar-refractivity contribution in [3.05, 3.63) is 29.8 Å². The van der Waals surface area contributed by atoms with Crippen molar-refractivity contribution in [3.8, 4) is 0 Å². The minimum atomic E-state index is -0.0293. The van der Waals surface area contributed by atoms with E-state index in [9.17, 15) is 9.59 Å². The highest BCUT2D eigenvalue weighted by atomic mass is 16.2. The third-order valence-electron chi connectivity index (χ3n) is 4.95. The number of nitrogens with two attached hydrogens (primary N) is 1. The summed E-state index contributed by atoms with van der Waals surface area (Å²) < 4.78 is 0. The smallest absolute Gasteiger partial charge is 0.255 e. The van der Waals surface area contributed by atoms with Crippen LogP contribution in [0.5, 0.6) is 0 Å². The number of nitrogens with zero attached hydrogens (tertiary/aromatic N) is 1. The number of para-hydroxylation sites is 1. The zero-order chi connectivity index (χ0) is 18.9. The van der Waals surface area contributed by atoms with E-state index < -0.39 is 0 Å². The molecule has 1 heterocycles. The van der Waals surface area contributed by atoms with Crippen LogP contribution in [-0.2, 0) is 4.79 Å². The van der Waals surface area contributed by atoms with Crippen molar-refractivity contribution in [2.75, 3.05) is 25.0 Å². The number of nitrogens with one attached hydrogen (secondary N) is 1. The molecule has 0 aliphatic carbocycles. The molecule has 26 heavy (non-hydrogen) atoms. The lowest BCUT2D eigenvalue weighted by molar-refractivity contribution is -0.116. The Bertz CT molecular complexity index is 593. The molecular weight excluding hydrogens is 326 g/mol. The van der Waals surface area contributed by atoms with Gasteiger partial charge in [0.15, 0.2) is 0 Å². The van der Waals surface area contributed by atoms with Crippen molar-refractivity contribution >= 4 is 17.5 Å². The number of hydrogen-bond donors (Lipinski definition) is 2. The van der Waals surface area contributed by atoms with Crippen molar-refractivity contribution in [1.29, 1.82) is 0 Å². The first-order valence-electron chi connectivity index (χ1n) is 9.89. The second-order valence-electron chi connectivity index (χ2n) is 7.70. The third-order valence-corrected chi connectivity index (χ3v) is 4.95. The molecule has 2 atom stereocenters. The van der Waals surface area contributed by atoms with Gasteiger partial charge in [0.05, 0.1) is 11.3 Å². The number of carbonyl (C=O) groups is 2. The van der Waals surface area contributed by atoms with E-state index in [0.29, 0.717) is 36.1 Å². The zero-order valence-corrected chi connectivity index (χ0v) is 16.2. The van der Waals surface area contributed by atoms with Crippen molar-refractivity contribution in [2.45, 2.75) is 52.4 Å². The number of rotatable bonds is 8. The number of hydrogen-bond acceptors (Lipinski definition) is 3. The highest BCUT2D eigenvalue weighted by Gasteiger charge is 2.27. The summed E-state index contributed by atoms with van der Waals surface area (Å²) >= 11 is 0. The maximum absolute atomic E-state index is 13.0. The average molecular weight is 360 g/mol. The predicted octanol–water partition coefficient (Wildman–Crippen LogP) is 3.65. The molecule has 144 valence electrons. The van der Waals surface area contributed by atoms with Gasteiger partial charge in [0.2, 0.25) is 5.91 Å². The molecule has 0 saturated carbocycles. The Morgan fingerprint density at radius 1 is 1.08 bits per heavy atom. The van der Waals surface area contributed by atoms with Gasteiger partial charge in [-0.15, -0.1) is 0 Å². The van der Waals surface area contributed by atoms with Gasteiger partial charge in [0.25, 0.3) is 5.91 Å². The molecule has 1 aliphatic rings. The minimum Gasteiger partial charge on any atom is -0.338 e. The Hall–Kier alpha value is -1.88. The van der Waals surface area contributed by atoms with Crippen LogP contribution in [0.15, 0.2) is 24.3 Å². The first kappa shape index (κ1) is 20.4.